The molecule has 0 atom stereocenters. The number of rotatable bonds is 6. The Hall–Kier alpha value is -2.58. The molecule has 1 aromatic heterocycles. The van der Waals surface area contributed by atoms with Gasteiger partial charge in [0.2, 0.25) is 5.91 Å². The third kappa shape index (κ3) is 5.46. The Bertz CT molecular complexity index is 976. The van der Waals surface area contributed by atoms with E-state index in [1.54, 1.807) is 17.5 Å². The van der Waals surface area contributed by atoms with Crippen LogP contribution < -0.4 is 10.1 Å². The summed E-state index contributed by atoms with van der Waals surface area (Å²) >= 11 is 7.51. The number of alkyl halides is 3. The summed E-state index contributed by atoms with van der Waals surface area (Å²) in [5.41, 5.74) is 1.47. The molecule has 0 fully saturated rings. The predicted molar refractivity (Wildman–Crippen MR) is 103 cm³/mol. The highest BCUT2D eigenvalue weighted by molar-refractivity contribution is 7.13. The Morgan fingerprint density at radius 2 is 1.86 bits per heavy atom. The zero-order valence-electron chi connectivity index (χ0n) is 14.3. The van der Waals surface area contributed by atoms with Crippen LogP contribution in [0.1, 0.15) is 5.69 Å². The SMILES string of the molecule is O=C(Cc1csc(-c2ccccc2Cl)n1)Nc1ccccc1OCC(F)(F)F. The first-order valence-electron chi connectivity index (χ1n) is 8.09. The van der Waals surface area contributed by atoms with Gasteiger partial charge in [-0.05, 0) is 18.2 Å². The highest BCUT2D eigenvalue weighted by Gasteiger charge is 2.28. The number of hydrogen-bond donors (Lipinski definition) is 1. The zero-order valence-corrected chi connectivity index (χ0v) is 15.9. The van der Waals surface area contributed by atoms with Crippen LogP contribution in [0.4, 0.5) is 18.9 Å². The number of hydrogen-bond acceptors (Lipinski definition) is 4. The zero-order chi connectivity index (χ0) is 20.1. The molecule has 0 radical (unpaired) electrons. The summed E-state index contributed by atoms with van der Waals surface area (Å²) in [5, 5.41) is 5.54. The molecule has 146 valence electrons. The van der Waals surface area contributed by atoms with Gasteiger partial charge in [-0.1, -0.05) is 41.9 Å². The van der Waals surface area contributed by atoms with Crippen molar-refractivity contribution in [1.82, 2.24) is 4.98 Å². The molecule has 2 aromatic carbocycles. The standard InChI is InChI=1S/C19H14ClF3N2O2S/c20-14-6-2-1-5-13(14)18-24-12(10-28-18)9-17(26)25-15-7-3-4-8-16(15)27-11-19(21,22)23/h1-8,10H,9,11H2,(H,25,26). The van der Waals surface area contributed by atoms with E-state index in [2.05, 4.69) is 10.3 Å². The molecule has 0 unspecified atom stereocenters. The summed E-state index contributed by atoms with van der Waals surface area (Å²) in [5.74, 6) is -0.470. The second-order valence-corrected chi connectivity index (χ2v) is 7.01. The largest absolute Gasteiger partial charge is 0.482 e. The van der Waals surface area contributed by atoms with Gasteiger partial charge in [0.25, 0.3) is 0 Å². The minimum absolute atomic E-state index is 0.0332. The van der Waals surface area contributed by atoms with Crippen molar-refractivity contribution in [2.24, 2.45) is 0 Å². The highest BCUT2D eigenvalue weighted by atomic mass is 35.5. The summed E-state index contributed by atoms with van der Waals surface area (Å²) in [6, 6.07) is 13.2. The number of carbonyl (C=O) groups excluding carboxylic acids is 1. The Kier molecular flexibility index (Phi) is 6.21. The first kappa shape index (κ1) is 20.2. The van der Waals surface area contributed by atoms with Crippen molar-refractivity contribution >= 4 is 34.5 Å². The molecular weight excluding hydrogens is 413 g/mol. The molecule has 0 saturated heterocycles. The van der Waals surface area contributed by atoms with Crippen LogP contribution in [-0.4, -0.2) is 23.7 Å². The highest BCUT2D eigenvalue weighted by Crippen LogP contribution is 2.30. The molecule has 1 heterocycles. The first-order valence-corrected chi connectivity index (χ1v) is 9.35. The van der Waals surface area contributed by atoms with Gasteiger partial charge in [0, 0.05) is 10.9 Å². The monoisotopic (exact) mass is 426 g/mol. The van der Waals surface area contributed by atoms with Crippen molar-refractivity contribution in [1.29, 1.82) is 0 Å². The number of halogens is 4. The fourth-order valence-corrected chi connectivity index (χ4v) is 3.50. The van der Waals surface area contributed by atoms with Crippen molar-refractivity contribution in [3.8, 4) is 16.3 Å². The van der Waals surface area contributed by atoms with Gasteiger partial charge in [-0.15, -0.1) is 11.3 Å². The number of ether oxygens (including phenoxy) is 1. The van der Waals surface area contributed by atoms with Gasteiger partial charge in [0.05, 0.1) is 22.8 Å². The number of benzene rings is 2. The van der Waals surface area contributed by atoms with Gasteiger partial charge in [0.15, 0.2) is 6.61 Å². The first-order chi connectivity index (χ1) is 13.3. The summed E-state index contributed by atoms with van der Waals surface area (Å²) in [7, 11) is 0. The van der Waals surface area contributed by atoms with E-state index in [0.29, 0.717) is 15.7 Å². The lowest BCUT2D eigenvalue weighted by Crippen LogP contribution is -2.20. The third-order valence-corrected chi connectivity index (χ3v) is 4.80. The smallest absolute Gasteiger partial charge is 0.422 e. The Balaban J connectivity index is 1.66. The van der Waals surface area contributed by atoms with Gasteiger partial charge >= 0.3 is 6.18 Å². The number of carbonyl (C=O) groups is 1. The van der Waals surface area contributed by atoms with Crippen molar-refractivity contribution in [3.05, 3.63) is 64.6 Å². The van der Waals surface area contributed by atoms with E-state index < -0.39 is 18.7 Å². The minimum atomic E-state index is -4.47. The van der Waals surface area contributed by atoms with E-state index in [-0.39, 0.29) is 17.9 Å². The van der Waals surface area contributed by atoms with Crippen LogP contribution in [0.5, 0.6) is 5.75 Å². The maximum absolute atomic E-state index is 12.4. The molecule has 9 heteroatoms. The predicted octanol–water partition coefficient (Wildman–Crippen LogP) is 5.59. The van der Waals surface area contributed by atoms with E-state index in [0.717, 1.165) is 5.56 Å². The molecule has 28 heavy (non-hydrogen) atoms. The van der Waals surface area contributed by atoms with Crippen LogP contribution in [0.3, 0.4) is 0 Å². The van der Waals surface area contributed by atoms with E-state index in [1.807, 2.05) is 18.2 Å². The minimum Gasteiger partial charge on any atom is -0.482 e. The van der Waals surface area contributed by atoms with Gasteiger partial charge in [-0.25, -0.2) is 4.98 Å². The van der Waals surface area contributed by atoms with Crippen molar-refractivity contribution in [2.75, 3.05) is 11.9 Å². The molecular formula is C19H14ClF3N2O2S. The summed E-state index contributed by atoms with van der Waals surface area (Å²) in [6.07, 6.45) is -4.50. The van der Waals surface area contributed by atoms with Crippen LogP contribution in [0, 0.1) is 0 Å². The quantitative estimate of drug-likeness (QED) is 0.559. The van der Waals surface area contributed by atoms with Crippen molar-refractivity contribution in [2.45, 2.75) is 12.6 Å². The maximum atomic E-state index is 12.4. The van der Waals surface area contributed by atoms with E-state index in [4.69, 9.17) is 16.3 Å². The van der Waals surface area contributed by atoms with Crippen LogP contribution >= 0.6 is 22.9 Å². The molecule has 3 rings (SSSR count). The normalized spacial score (nSPS) is 11.3. The topological polar surface area (TPSA) is 51.2 Å². The third-order valence-electron chi connectivity index (χ3n) is 3.55. The van der Waals surface area contributed by atoms with Gasteiger partial charge in [0.1, 0.15) is 10.8 Å². The van der Waals surface area contributed by atoms with Crippen LogP contribution in [-0.2, 0) is 11.2 Å². The lowest BCUT2D eigenvalue weighted by Gasteiger charge is -2.13. The van der Waals surface area contributed by atoms with Crippen LogP contribution in [0.15, 0.2) is 53.9 Å². The number of thiazole rings is 1. The Labute approximate surface area is 167 Å². The summed E-state index contributed by atoms with van der Waals surface area (Å²) in [6.45, 7) is -1.44. The molecule has 1 amide bonds. The lowest BCUT2D eigenvalue weighted by molar-refractivity contribution is -0.153. The number of nitrogens with zero attached hydrogens (tertiary/aromatic N) is 1. The molecule has 3 aromatic rings. The fourth-order valence-electron chi connectivity index (χ4n) is 2.36. The molecule has 0 bridgehead atoms. The second kappa shape index (κ2) is 8.62. The van der Waals surface area contributed by atoms with E-state index in [9.17, 15) is 18.0 Å². The van der Waals surface area contributed by atoms with Crippen LogP contribution in [0.25, 0.3) is 10.6 Å². The number of amides is 1. The average Bonchev–Trinajstić information content (AvgIpc) is 3.08. The molecule has 0 aliphatic carbocycles. The number of aromatic nitrogens is 1. The molecule has 1 N–H and O–H groups in total. The van der Waals surface area contributed by atoms with Gasteiger partial charge < -0.3 is 10.1 Å². The average molecular weight is 427 g/mol. The van der Waals surface area contributed by atoms with E-state index >= 15 is 0 Å². The number of nitrogens with one attached hydrogen (secondary N) is 1. The summed E-state index contributed by atoms with van der Waals surface area (Å²) in [4.78, 5) is 16.7. The molecule has 0 spiro atoms. The molecule has 0 aliphatic heterocycles. The van der Waals surface area contributed by atoms with Gasteiger partial charge in [-0.2, -0.15) is 13.2 Å². The number of para-hydroxylation sites is 2. The molecule has 4 nitrogen and oxygen atoms in total. The molecule has 0 saturated carbocycles. The summed E-state index contributed by atoms with van der Waals surface area (Å²) < 4.78 is 41.9. The van der Waals surface area contributed by atoms with Gasteiger partial charge in [-0.3, -0.25) is 4.79 Å². The van der Waals surface area contributed by atoms with Crippen molar-refractivity contribution < 1.29 is 22.7 Å². The second-order valence-electron chi connectivity index (χ2n) is 5.75. The lowest BCUT2D eigenvalue weighted by atomic mass is 10.2. The number of anilines is 1. The fraction of sp³-hybridized carbons (Fsp3) is 0.158. The van der Waals surface area contributed by atoms with Crippen LogP contribution in [0.2, 0.25) is 5.02 Å². The van der Waals surface area contributed by atoms with Crippen molar-refractivity contribution in [3.63, 3.8) is 0 Å². The van der Waals surface area contributed by atoms with E-state index in [1.165, 1.54) is 29.5 Å². The molecule has 0 aliphatic rings. The maximum Gasteiger partial charge on any atom is 0.422 e. The Morgan fingerprint density at radius 1 is 1.14 bits per heavy atom. The Morgan fingerprint density at radius 3 is 2.61 bits per heavy atom.